The molecule has 1 N–H and O–H groups in total. The second kappa shape index (κ2) is 3.08. The van der Waals surface area contributed by atoms with Crippen molar-refractivity contribution in [2.75, 3.05) is 0 Å². The van der Waals surface area contributed by atoms with Crippen molar-refractivity contribution in [3.63, 3.8) is 0 Å². The highest BCUT2D eigenvalue weighted by molar-refractivity contribution is 5.87. The van der Waals surface area contributed by atoms with E-state index in [0.717, 1.165) is 12.2 Å². The molecule has 0 spiro atoms. The summed E-state index contributed by atoms with van der Waals surface area (Å²) in [6.45, 7) is 3.70. The van der Waals surface area contributed by atoms with Gasteiger partial charge in [0.1, 0.15) is 5.82 Å². The molecule has 0 saturated carbocycles. The fourth-order valence-corrected chi connectivity index (χ4v) is 1.62. The highest BCUT2D eigenvalue weighted by Gasteiger charge is 2.18. The molecule has 2 aromatic rings. The van der Waals surface area contributed by atoms with Gasteiger partial charge in [-0.05, 0) is 6.92 Å². The van der Waals surface area contributed by atoms with Crippen LogP contribution in [0.3, 0.4) is 0 Å². The topological polar surface area (TPSA) is 72.4 Å². The lowest BCUT2D eigenvalue weighted by atomic mass is 10.3. The second-order valence-electron chi connectivity index (χ2n) is 3.39. The van der Waals surface area contributed by atoms with E-state index in [2.05, 4.69) is 10.1 Å². The van der Waals surface area contributed by atoms with Gasteiger partial charge in [0.15, 0.2) is 5.69 Å². The predicted molar refractivity (Wildman–Crippen MR) is 53.0 cm³/mol. The van der Waals surface area contributed by atoms with Crippen LogP contribution in [0.1, 0.15) is 28.9 Å². The van der Waals surface area contributed by atoms with E-state index in [4.69, 9.17) is 5.11 Å². The van der Waals surface area contributed by atoms with Crippen molar-refractivity contribution in [2.24, 2.45) is 7.05 Å². The first-order chi connectivity index (χ1) is 7.06. The Labute approximate surface area is 86.2 Å². The van der Waals surface area contributed by atoms with Gasteiger partial charge >= 0.3 is 5.97 Å². The quantitative estimate of drug-likeness (QED) is 0.785. The fraction of sp³-hybridized carbons (Fsp3) is 0.444. The number of carboxylic acids is 1. The van der Waals surface area contributed by atoms with Crippen molar-refractivity contribution in [2.45, 2.75) is 20.3 Å². The van der Waals surface area contributed by atoms with Crippen LogP contribution in [-0.2, 0) is 13.5 Å². The molecule has 0 unspecified atom stereocenters. The van der Waals surface area contributed by atoms with Gasteiger partial charge in [0, 0.05) is 13.5 Å². The van der Waals surface area contributed by atoms with Crippen molar-refractivity contribution in [3.05, 3.63) is 17.2 Å². The molecule has 0 aliphatic heterocycles. The summed E-state index contributed by atoms with van der Waals surface area (Å²) in [6.07, 6.45) is 0.793. The minimum absolute atomic E-state index is 0.0655. The Bertz CT molecular complexity index is 538. The Hall–Kier alpha value is -1.85. The summed E-state index contributed by atoms with van der Waals surface area (Å²) in [5, 5.41) is 13.2. The van der Waals surface area contributed by atoms with Crippen LogP contribution in [0.2, 0.25) is 0 Å². The van der Waals surface area contributed by atoms with Crippen molar-refractivity contribution in [3.8, 4) is 0 Å². The van der Waals surface area contributed by atoms with Crippen LogP contribution >= 0.6 is 0 Å². The van der Waals surface area contributed by atoms with Gasteiger partial charge < -0.3 is 9.67 Å². The first-order valence-corrected chi connectivity index (χ1v) is 4.70. The summed E-state index contributed by atoms with van der Waals surface area (Å²) in [7, 11) is 1.83. The van der Waals surface area contributed by atoms with Gasteiger partial charge in [0.25, 0.3) is 0 Å². The smallest absolute Gasteiger partial charge is 0.356 e. The zero-order chi connectivity index (χ0) is 11.2. The number of fused-ring (bicyclic) bond motifs is 1. The Kier molecular flexibility index (Phi) is 1.99. The molecule has 0 radical (unpaired) electrons. The lowest BCUT2D eigenvalue weighted by Crippen LogP contribution is -2.02. The molecule has 0 bridgehead atoms. The van der Waals surface area contributed by atoms with Crippen molar-refractivity contribution in [1.29, 1.82) is 0 Å². The van der Waals surface area contributed by atoms with Gasteiger partial charge in [-0.3, -0.25) is 0 Å². The number of aryl methyl sites for hydroxylation is 3. The van der Waals surface area contributed by atoms with Gasteiger partial charge in [-0.1, -0.05) is 6.92 Å². The van der Waals surface area contributed by atoms with Crippen molar-refractivity contribution < 1.29 is 9.90 Å². The van der Waals surface area contributed by atoms with Crippen LogP contribution in [0.4, 0.5) is 0 Å². The van der Waals surface area contributed by atoms with E-state index in [1.54, 1.807) is 16.0 Å². The van der Waals surface area contributed by atoms with Gasteiger partial charge in [-0.25, -0.2) is 14.3 Å². The number of carbonyl (C=O) groups is 1. The molecule has 6 heteroatoms. The molecule has 2 aromatic heterocycles. The number of nitrogens with zero attached hydrogens (tertiary/aromatic N) is 4. The van der Waals surface area contributed by atoms with Gasteiger partial charge in [0.05, 0.1) is 5.69 Å². The van der Waals surface area contributed by atoms with Crippen LogP contribution in [-0.4, -0.2) is 30.2 Å². The number of aromatic nitrogens is 4. The Balaban J connectivity index is 2.76. The molecule has 2 heterocycles. The third kappa shape index (κ3) is 1.21. The van der Waals surface area contributed by atoms with Crippen LogP contribution in [0.25, 0.3) is 5.78 Å². The summed E-state index contributed by atoms with van der Waals surface area (Å²) < 4.78 is 3.38. The first-order valence-electron chi connectivity index (χ1n) is 4.70. The van der Waals surface area contributed by atoms with E-state index in [0.29, 0.717) is 11.5 Å². The second-order valence-corrected chi connectivity index (χ2v) is 3.39. The molecule has 2 rings (SSSR count). The SMILES string of the molecule is CCc1nn2c(C)c(C(=O)O)nc2n1C. The molecule has 0 atom stereocenters. The monoisotopic (exact) mass is 208 g/mol. The average molecular weight is 208 g/mol. The predicted octanol–water partition coefficient (Wildman–Crippen LogP) is 0.637. The number of aromatic carboxylic acids is 1. The lowest BCUT2D eigenvalue weighted by molar-refractivity contribution is 0.0690. The molecule has 0 saturated heterocycles. The average Bonchev–Trinajstić information content (AvgIpc) is 2.66. The minimum atomic E-state index is -1.02. The normalized spacial score (nSPS) is 11.1. The van der Waals surface area contributed by atoms with E-state index in [1.807, 2.05) is 14.0 Å². The minimum Gasteiger partial charge on any atom is -0.476 e. The maximum absolute atomic E-state index is 10.8. The van der Waals surface area contributed by atoms with E-state index in [9.17, 15) is 4.79 Å². The summed E-state index contributed by atoms with van der Waals surface area (Å²) in [4.78, 5) is 14.9. The van der Waals surface area contributed by atoms with Crippen LogP contribution in [0, 0.1) is 6.92 Å². The molecular weight excluding hydrogens is 196 g/mol. The molecule has 80 valence electrons. The lowest BCUT2D eigenvalue weighted by Gasteiger charge is -1.94. The van der Waals surface area contributed by atoms with Crippen LogP contribution in [0.15, 0.2) is 0 Å². The maximum atomic E-state index is 10.8. The van der Waals surface area contributed by atoms with Gasteiger partial charge in [-0.15, -0.1) is 0 Å². The fourth-order valence-electron chi connectivity index (χ4n) is 1.62. The number of carboxylic acid groups (broad SMARTS) is 1. The molecule has 0 aliphatic rings. The number of imidazole rings is 1. The van der Waals surface area contributed by atoms with Gasteiger partial charge in [-0.2, -0.15) is 5.10 Å². The molecule has 0 aliphatic carbocycles. The zero-order valence-electron chi connectivity index (χ0n) is 8.85. The summed E-state index contributed by atoms with van der Waals surface area (Å²) in [6, 6.07) is 0. The molecule has 15 heavy (non-hydrogen) atoms. The maximum Gasteiger partial charge on any atom is 0.356 e. The standard InChI is InChI=1S/C9H12N4O2/c1-4-6-11-13-5(2)7(8(14)15)10-9(13)12(6)3/h4H2,1-3H3,(H,14,15). The summed E-state index contributed by atoms with van der Waals surface area (Å²) in [5.41, 5.74) is 0.628. The number of hydrogen-bond acceptors (Lipinski definition) is 3. The van der Waals surface area contributed by atoms with E-state index in [1.165, 1.54) is 0 Å². The summed E-state index contributed by atoms with van der Waals surface area (Å²) in [5.74, 6) is 0.440. The third-order valence-corrected chi connectivity index (χ3v) is 2.48. The van der Waals surface area contributed by atoms with Crippen LogP contribution in [0.5, 0.6) is 0 Å². The Morgan fingerprint density at radius 1 is 1.53 bits per heavy atom. The largest absolute Gasteiger partial charge is 0.476 e. The van der Waals surface area contributed by atoms with Crippen molar-refractivity contribution >= 4 is 11.7 Å². The van der Waals surface area contributed by atoms with E-state index >= 15 is 0 Å². The molecule has 6 nitrogen and oxygen atoms in total. The van der Waals surface area contributed by atoms with Crippen LogP contribution < -0.4 is 0 Å². The summed E-state index contributed by atoms with van der Waals surface area (Å²) >= 11 is 0. The number of hydrogen-bond donors (Lipinski definition) is 1. The molecule has 0 fully saturated rings. The molecule has 0 aromatic carbocycles. The molecular formula is C9H12N4O2. The van der Waals surface area contributed by atoms with Crippen molar-refractivity contribution in [1.82, 2.24) is 19.2 Å². The Morgan fingerprint density at radius 3 is 2.67 bits per heavy atom. The van der Waals surface area contributed by atoms with Gasteiger partial charge in [0.2, 0.25) is 5.78 Å². The third-order valence-electron chi connectivity index (χ3n) is 2.48. The van der Waals surface area contributed by atoms with E-state index in [-0.39, 0.29) is 5.69 Å². The van der Waals surface area contributed by atoms with E-state index < -0.39 is 5.97 Å². The Morgan fingerprint density at radius 2 is 2.20 bits per heavy atom. The highest BCUT2D eigenvalue weighted by atomic mass is 16.4. The first kappa shape index (κ1) is 9.70. The number of rotatable bonds is 2. The molecule has 0 amide bonds. The zero-order valence-corrected chi connectivity index (χ0v) is 8.85. The highest BCUT2D eigenvalue weighted by Crippen LogP contribution is 2.12.